The average Bonchev–Trinajstić information content (AvgIpc) is 3.28. The minimum atomic E-state index is 0.182. The van der Waals surface area contributed by atoms with E-state index < -0.39 is 0 Å². The van der Waals surface area contributed by atoms with Gasteiger partial charge in [0, 0.05) is 24.3 Å². The first kappa shape index (κ1) is 12.0. The van der Waals surface area contributed by atoms with Gasteiger partial charge in [-0.2, -0.15) is 0 Å². The lowest BCUT2D eigenvalue weighted by Crippen LogP contribution is -2.30. The molecule has 2 nitrogen and oxygen atoms in total. The van der Waals surface area contributed by atoms with E-state index in [4.69, 9.17) is 5.73 Å². The highest BCUT2D eigenvalue weighted by molar-refractivity contribution is 5.56. The quantitative estimate of drug-likeness (QED) is 0.830. The Labute approximate surface area is 110 Å². The molecule has 18 heavy (non-hydrogen) atoms. The van der Waals surface area contributed by atoms with Gasteiger partial charge in [0.05, 0.1) is 0 Å². The highest BCUT2D eigenvalue weighted by atomic mass is 15.2. The molecule has 2 saturated carbocycles. The van der Waals surface area contributed by atoms with Gasteiger partial charge in [0.15, 0.2) is 0 Å². The third-order valence-electron chi connectivity index (χ3n) is 4.22. The fourth-order valence-corrected chi connectivity index (χ4v) is 2.69. The summed E-state index contributed by atoms with van der Waals surface area (Å²) >= 11 is 0. The predicted octanol–water partition coefficient (Wildman–Crippen LogP) is 3.48. The molecule has 2 aliphatic rings. The van der Waals surface area contributed by atoms with Crippen LogP contribution in [0, 0.1) is 5.92 Å². The van der Waals surface area contributed by atoms with Gasteiger partial charge < -0.3 is 10.6 Å². The minimum Gasteiger partial charge on any atom is -0.368 e. The number of nitrogens with zero attached hydrogens (tertiary/aromatic N) is 1. The van der Waals surface area contributed by atoms with Crippen molar-refractivity contribution in [3.8, 4) is 0 Å². The Balaban J connectivity index is 1.87. The van der Waals surface area contributed by atoms with Crippen molar-refractivity contribution >= 4 is 5.69 Å². The van der Waals surface area contributed by atoms with Crippen LogP contribution in [0.4, 0.5) is 5.69 Å². The number of hydrogen-bond acceptors (Lipinski definition) is 2. The lowest BCUT2D eigenvalue weighted by Gasteiger charge is -2.28. The number of nitrogens with two attached hydrogens (primary N) is 1. The summed E-state index contributed by atoms with van der Waals surface area (Å²) in [5, 5.41) is 0. The van der Waals surface area contributed by atoms with Crippen molar-refractivity contribution in [3.63, 3.8) is 0 Å². The van der Waals surface area contributed by atoms with E-state index in [2.05, 4.69) is 36.1 Å². The van der Waals surface area contributed by atoms with Crippen molar-refractivity contribution < 1.29 is 0 Å². The fraction of sp³-hybridized carbons (Fsp3) is 0.625. The molecule has 2 N–H and O–H groups in total. The minimum absolute atomic E-state index is 0.182. The summed E-state index contributed by atoms with van der Waals surface area (Å²) in [6.45, 7) is 3.42. The number of para-hydroxylation sites is 1. The number of rotatable bonds is 6. The van der Waals surface area contributed by atoms with Crippen LogP contribution in [0.2, 0.25) is 0 Å². The maximum Gasteiger partial charge on any atom is 0.0417 e. The zero-order chi connectivity index (χ0) is 12.5. The van der Waals surface area contributed by atoms with Crippen LogP contribution < -0.4 is 10.6 Å². The first-order valence-electron chi connectivity index (χ1n) is 7.40. The second kappa shape index (κ2) is 4.93. The first-order valence-corrected chi connectivity index (χ1v) is 7.40. The molecule has 0 spiro atoms. The van der Waals surface area contributed by atoms with Gasteiger partial charge in [-0.1, -0.05) is 25.1 Å². The second-order valence-corrected chi connectivity index (χ2v) is 5.90. The zero-order valence-electron chi connectivity index (χ0n) is 11.3. The third-order valence-corrected chi connectivity index (χ3v) is 4.22. The van der Waals surface area contributed by atoms with Gasteiger partial charge in [-0.15, -0.1) is 0 Å². The van der Waals surface area contributed by atoms with Crippen molar-refractivity contribution in [2.75, 3.05) is 11.4 Å². The molecule has 0 unspecified atom stereocenters. The molecular formula is C16H24N2. The molecule has 0 amide bonds. The molecule has 3 rings (SSSR count). The molecule has 1 aromatic carbocycles. The van der Waals surface area contributed by atoms with Crippen molar-refractivity contribution in [2.45, 2.75) is 51.1 Å². The Morgan fingerprint density at radius 1 is 1.22 bits per heavy atom. The van der Waals surface area contributed by atoms with Crippen molar-refractivity contribution in [1.82, 2.24) is 0 Å². The molecule has 0 aromatic heterocycles. The van der Waals surface area contributed by atoms with Gasteiger partial charge in [0.1, 0.15) is 0 Å². The molecule has 1 atom stereocenters. The van der Waals surface area contributed by atoms with Crippen molar-refractivity contribution in [1.29, 1.82) is 0 Å². The standard InChI is InChI=1S/C16H24N2/c1-2-15(17)14-5-3-4-6-16(14)18(13-9-10-13)11-12-7-8-12/h3-6,12-13,15H,2,7-11,17H2,1H3/t15-/m0/s1. The summed E-state index contributed by atoms with van der Waals surface area (Å²) in [6.07, 6.45) is 6.58. The second-order valence-electron chi connectivity index (χ2n) is 5.90. The van der Waals surface area contributed by atoms with E-state index in [0.29, 0.717) is 0 Å². The van der Waals surface area contributed by atoms with Crippen LogP contribution in [0.15, 0.2) is 24.3 Å². The zero-order valence-corrected chi connectivity index (χ0v) is 11.3. The van der Waals surface area contributed by atoms with E-state index in [0.717, 1.165) is 18.4 Å². The summed E-state index contributed by atoms with van der Waals surface area (Å²) in [7, 11) is 0. The Hall–Kier alpha value is -1.02. The molecular weight excluding hydrogens is 220 g/mol. The van der Waals surface area contributed by atoms with Crippen LogP contribution >= 0.6 is 0 Å². The molecule has 0 bridgehead atoms. The number of hydrogen-bond donors (Lipinski definition) is 1. The molecule has 0 heterocycles. The van der Waals surface area contributed by atoms with E-state index in [1.54, 1.807) is 0 Å². The van der Waals surface area contributed by atoms with Crippen LogP contribution in [-0.2, 0) is 0 Å². The summed E-state index contributed by atoms with van der Waals surface area (Å²) < 4.78 is 0. The van der Waals surface area contributed by atoms with E-state index >= 15 is 0 Å². The predicted molar refractivity (Wildman–Crippen MR) is 76.8 cm³/mol. The van der Waals surface area contributed by atoms with Gasteiger partial charge in [0.2, 0.25) is 0 Å². The lowest BCUT2D eigenvalue weighted by atomic mass is 10.0. The Morgan fingerprint density at radius 3 is 2.56 bits per heavy atom. The SMILES string of the molecule is CC[C@H](N)c1ccccc1N(CC1CC1)C1CC1. The monoisotopic (exact) mass is 244 g/mol. The van der Waals surface area contributed by atoms with Crippen LogP contribution in [0.25, 0.3) is 0 Å². The van der Waals surface area contributed by atoms with Gasteiger partial charge in [-0.25, -0.2) is 0 Å². The van der Waals surface area contributed by atoms with E-state index in [1.807, 2.05) is 0 Å². The van der Waals surface area contributed by atoms with Gasteiger partial charge in [0.25, 0.3) is 0 Å². The molecule has 0 saturated heterocycles. The molecule has 2 heteroatoms. The summed E-state index contributed by atoms with van der Waals surface area (Å²) in [5.74, 6) is 0.941. The average molecular weight is 244 g/mol. The van der Waals surface area contributed by atoms with Gasteiger partial charge in [-0.05, 0) is 49.7 Å². The number of anilines is 1. The van der Waals surface area contributed by atoms with Crippen LogP contribution in [0.1, 0.15) is 50.6 Å². The molecule has 1 aromatic rings. The fourth-order valence-electron chi connectivity index (χ4n) is 2.69. The van der Waals surface area contributed by atoms with E-state index in [1.165, 1.54) is 43.5 Å². The van der Waals surface area contributed by atoms with Gasteiger partial charge in [-0.3, -0.25) is 0 Å². The molecule has 0 radical (unpaired) electrons. The summed E-state index contributed by atoms with van der Waals surface area (Å²) in [5.41, 5.74) is 9.02. The highest BCUT2D eigenvalue weighted by Gasteiger charge is 2.34. The molecule has 98 valence electrons. The number of benzene rings is 1. The van der Waals surface area contributed by atoms with Crippen molar-refractivity contribution in [3.05, 3.63) is 29.8 Å². The smallest absolute Gasteiger partial charge is 0.0417 e. The first-order chi connectivity index (χ1) is 8.79. The Kier molecular flexibility index (Phi) is 3.29. The van der Waals surface area contributed by atoms with Crippen molar-refractivity contribution in [2.24, 2.45) is 11.7 Å². The largest absolute Gasteiger partial charge is 0.368 e. The molecule has 2 aliphatic carbocycles. The van der Waals surface area contributed by atoms with Crippen LogP contribution in [0.5, 0.6) is 0 Å². The van der Waals surface area contributed by atoms with Gasteiger partial charge >= 0.3 is 0 Å². The maximum absolute atomic E-state index is 6.27. The van der Waals surface area contributed by atoms with Crippen LogP contribution in [0.3, 0.4) is 0 Å². The van der Waals surface area contributed by atoms with Crippen LogP contribution in [-0.4, -0.2) is 12.6 Å². The highest BCUT2D eigenvalue weighted by Crippen LogP contribution is 2.40. The van der Waals surface area contributed by atoms with E-state index in [-0.39, 0.29) is 6.04 Å². The maximum atomic E-state index is 6.27. The summed E-state index contributed by atoms with van der Waals surface area (Å²) in [6, 6.07) is 9.73. The Bertz CT molecular complexity index is 407. The third kappa shape index (κ3) is 2.54. The topological polar surface area (TPSA) is 29.3 Å². The normalized spacial score (nSPS) is 20.8. The Morgan fingerprint density at radius 2 is 1.94 bits per heavy atom. The molecule has 2 fully saturated rings. The lowest BCUT2D eigenvalue weighted by molar-refractivity contribution is 0.673. The van der Waals surface area contributed by atoms with E-state index in [9.17, 15) is 0 Å². The molecule has 0 aliphatic heterocycles. The summed E-state index contributed by atoms with van der Waals surface area (Å²) in [4.78, 5) is 2.64.